The van der Waals surface area contributed by atoms with E-state index in [4.69, 9.17) is 9.72 Å². The minimum Gasteiger partial charge on any atom is -0.406 e. The van der Waals surface area contributed by atoms with Crippen molar-refractivity contribution in [2.75, 3.05) is 24.4 Å². The van der Waals surface area contributed by atoms with Crippen LogP contribution in [0.5, 0.6) is 5.75 Å². The number of alkyl halides is 3. The number of carbonyl (C=O) groups is 1. The summed E-state index contributed by atoms with van der Waals surface area (Å²) in [6, 6.07) is 11.3. The van der Waals surface area contributed by atoms with Gasteiger partial charge in [-0.15, -0.1) is 13.2 Å². The fourth-order valence-electron chi connectivity index (χ4n) is 5.32. The number of benzene rings is 2. The van der Waals surface area contributed by atoms with Crippen LogP contribution in [0.25, 0.3) is 11.0 Å². The molecule has 4 rings (SSSR count). The predicted octanol–water partition coefficient (Wildman–Crippen LogP) is 6.65. The zero-order chi connectivity index (χ0) is 26.1. The number of hydrogen-bond donors (Lipinski definition) is 2. The first-order valence-corrected chi connectivity index (χ1v) is 11.9. The van der Waals surface area contributed by atoms with Gasteiger partial charge in [0.15, 0.2) is 0 Å². The Kier molecular flexibility index (Phi) is 7.17. The molecular weight excluding hydrogens is 473 g/mol. The molecule has 194 valence electrons. The molecule has 0 unspecified atom stereocenters. The summed E-state index contributed by atoms with van der Waals surface area (Å²) in [5.74, 6) is 0.555. The molecule has 0 bridgehead atoms. The quantitative estimate of drug-likeness (QED) is 0.377. The van der Waals surface area contributed by atoms with Gasteiger partial charge in [-0.3, -0.25) is 4.79 Å². The highest BCUT2D eigenvalue weighted by atomic mass is 19.4. The highest BCUT2D eigenvalue weighted by molar-refractivity contribution is 5.94. The normalized spacial score (nSPS) is 19.8. The Labute approximate surface area is 208 Å². The van der Waals surface area contributed by atoms with Crippen LogP contribution in [0.4, 0.5) is 30.5 Å². The summed E-state index contributed by atoms with van der Waals surface area (Å²) < 4.78 is 48.6. The van der Waals surface area contributed by atoms with Crippen molar-refractivity contribution in [1.82, 2.24) is 9.55 Å². The standard InChI is InChI=1S/C26H31F3N4O3/c1-16-11-19(14-25(2,3)13-16)33-22-10-7-18(30-23(34)15-35-4)12-21(22)32-24(33)31-17-5-8-20(9-6-17)36-26(27,28)29/h5-10,12,16,19H,11,13-15H2,1-4H3,(H,30,34)(H,31,32)/t16-,19+/m0/s1. The van der Waals surface area contributed by atoms with Gasteiger partial charge >= 0.3 is 6.36 Å². The minimum atomic E-state index is -4.75. The average molecular weight is 505 g/mol. The van der Waals surface area contributed by atoms with E-state index < -0.39 is 6.36 Å². The molecule has 2 N–H and O–H groups in total. The van der Waals surface area contributed by atoms with Crippen LogP contribution in [0.3, 0.4) is 0 Å². The van der Waals surface area contributed by atoms with Gasteiger partial charge in [-0.25, -0.2) is 4.98 Å². The Hall–Kier alpha value is -3.27. The Morgan fingerprint density at radius 2 is 1.83 bits per heavy atom. The van der Waals surface area contributed by atoms with Gasteiger partial charge in [-0.05, 0) is 73.1 Å². The Morgan fingerprint density at radius 3 is 2.47 bits per heavy atom. The third kappa shape index (κ3) is 6.29. The lowest BCUT2D eigenvalue weighted by Crippen LogP contribution is -2.29. The lowest BCUT2D eigenvalue weighted by Gasteiger charge is -2.40. The molecule has 1 heterocycles. The number of rotatable bonds is 7. The summed E-state index contributed by atoms with van der Waals surface area (Å²) in [4.78, 5) is 16.8. The fourth-order valence-corrected chi connectivity index (χ4v) is 5.32. The van der Waals surface area contributed by atoms with E-state index in [-0.39, 0.29) is 29.7 Å². The van der Waals surface area contributed by atoms with E-state index in [1.807, 2.05) is 18.2 Å². The smallest absolute Gasteiger partial charge is 0.406 e. The van der Waals surface area contributed by atoms with Crippen molar-refractivity contribution in [2.24, 2.45) is 11.3 Å². The number of anilines is 3. The van der Waals surface area contributed by atoms with E-state index in [0.29, 0.717) is 28.8 Å². The molecule has 1 aliphatic rings. The molecule has 1 saturated carbocycles. The average Bonchev–Trinajstić information content (AvgIpc) is 3.10. The number of halogens is 3. The Balaban J connectivity index is 1.70. The van der Waals surface area contributed by atoms with Crippen LogP contribution >= 0.6 is 0 Å². The molecule has 0 saturated heterocycles. The second-order valence-corrected chi connectivity index (χ2v) is 10.3. The number of ether oxygens (including phenoxy) is 2. The summed E-state index contributed by atoms with van der Waals surface area (Å²) in [5, 5.41) is 6.08. The number of nitrogens with one attached hydrogen (secondary N) is 2. The van der Waals surface area contributed by atoms with Crippen LogP contribution in [0.1, 0.15) is 46.1 Å². The Bertz CT molecular complexity index is 1220. The molecule has 0 radical (unpaired) electrons. The van der Waals surface area contributed by atoms with E-state index in [1.165, 1.54) is 31.4 Å². The van der Waals surface area contributed by atoms with Crippen molar-refractivity contribution in [3.63, 3.8) is 0 Å². The zero-order valence-corrected chi connectivity index (χ0v) is 20.8. The van der Waals surface area contributed by atoms with E-state index in [0.717, 1.165) is 24.8 Å². The van der Waals surface area contributed by atoms with Crippen LogP contribution in [0.15, 0.2) is 42.5 Å². The van der Waals surface area contributed by atoms with Crippen LogP contribution in [0.2, 0.25) is 0 Å². The molecule has 7 nitrogen and oxygen atoms in total. The van der Waals surface area contributed by atoms with Crippen molar-refractivity contribution < 1.29 is 27.4 Å². The van der Waals surface area contributed by atoms with Crippen molar-refractivity contribution in [3.05, 3.63) is 42.5 Å². The number of hydrogen-bond acceptors (Lipinski definition) is 5. The van der Waals surface area contributed by atoms with E-state index in [2.05, 4.69) is 40.7 Å². The Morgan fingerprint density at radius 1 is 1.14 bits per heavy atom. The molecule has 10 heteroatoms. The van der Waals surface area contributed by atoms with Crippen molar-refractivity contribution in [2.45, 2.75) is 52.4 Å². The van der Waals surface area contributed by atoms with Crippen molar-refractivity contribution in [1.29, 1.82) is 0 Å². The second kappa shape index (κ2) is 10.0. The summed E-state index contributed by atoms with van der Waals surface area (Å²) in [7, 11) is 1.46. The molecule has 1 aromatic heterocycles. The molecule has 2 atom stereocenters. The summed E-state index contributed by atoms with van der Waals surface area (Å²) in [6.45, 7) is 6.74. The van der Waals surface area contributed by atoms with Crippen LogP contribution < -0.4 is 15.4 Å². The molecular formula is C26H31F3N4O3. The topological polar surface area (TPSA) is 77.4 Å². The SMILES string of the molecule is COCC(=O)Nc1ccc2c(c1)nc(Nc1ccc(OC(F)(F)F)cc1)n2[C@@H]1C[C@H](C)CC(C)(C)C1. The molecule has 1 amide bonds. The maximum Gasteiger partial charge on any atom is 0.573 e. The number of methoxy groups -OCH3 is 1. The highest BCUT2D eigenvalue weighted by Gasteiger charge is 2.35. The number of fused-ring (bicyclic) bond motifs is 1. The number of carbonyl (C=O) groups excluding carboxylic acids is 1. The molecule has 2 aromatic carbocycles. The van der Waals surface area contributed by atoms with Gasteiger partial charge in [0.05, 0.1) is 11.0 Å². The second-order valence-electron chi connectivity index (χ2n) is 10.3. The van der Waals surface area contributed by atoms with Gasteiger partial charge in [0.25, 0.3) is 0 Å². The van der Waals surface area contributed by atoms with E-state index in [1.54, 1.807) is 0 Å². The first-order chi connectivity index (χ1) is 16.9. The first kappa shape index (κ1) is 25.8. The lowest BCUT2D eigenvalue weighted by atomic mass is 9.70. The summed E-state index contributed by atoms with van der Waals surface area (Å²) >= 11 is 0. The third-order valence-corrected chi connectivity index (χ3v) is 6.32. The number of nitrogens with zero attached hydrogens (tertiary/aromatic N) is 2. The molecule has 0 spiro atoms. The van der Waals surface area contributed by atoms with Gasteiger partial charge in [0.2, 0.25) is 11.9 Å². The molecule has 1 aliphatic carbocycles. The molecule has 0 aliphatic heterocycles. The minimum absolute atomic E-state index is 0.0532. The highest BCUT2D eigenvalue weighted by Crippen LogP contribution is 2.46. The third-order valence-electron chi connectivity index (χ3n) is 6.32. The maximum absolute atomic E-state index is 12.5. The van der Waals surface area contributed by atoms with Crippen LogP contribution in [-0.4, -0.2) is 35.5 Å². The monoisotopic (exact) mass is 504 g/mol. The van der Waals surface area contributed by atoms with Crippen LogP contribution in [0, 0.1) is 11.3 Å². The summed E-state index contributed by atoms with van der Waals surface area (Å²) in [5.41, 5.74) is 2.94. The lowest BCUT2D eigenvalue weighted by molar-refractivity contribution is -0.274. The maximum atomic E-state index is 12.5. The van der Waals surface area contributed by atoms with Gasteiger partial charge in [-0.2, -0.15) is 0 Å². The van der Waals surface area contributed by atoms with Gasteiger partial charge in [-0.1, -0.05) is 20.8 Å². The predicted molar refractivity (Wildman–Crippen MR) is 132 cm³/mol. The zero-order valence-electron chi connectivity index (χ0n) is 20.8. The number of aromatic nitrogens is 2. The van der Waals surface area contributed by atoms with Gasteiger partial charge < -0.3 is 24.7 Å². The van der Waals surface area contributed by atoms with Crippen LogP contribution in [-0.2, 0) is 9.53 Å². The molecule has 1 fully saturated rings. The van der Waals surface area contributed by atoms with Gasteiger partial charge in [0.1, 0.15) is 12.4 Å². The first-order valence-electron chi connectivity index (χ1n) is 11.9. The largest absolute Gasteiger partial charge is 0.573 e. The fraction of sp³-hybridized carbons (Fsp3) is 0.462. The number of amides is 1. The molecule has 36 heavy (non-hydrogen) atoms. The van der Waals surface area contributed by atoms with Gasteiger partial charge in [0, 0.05) is 24.5 Å². The summed E-state index contributed by atoms with van der Waals surface area (Å²) in [6.07, 6.45) is -1.67. The van der Waals surface area contributed by atoms with E-state index in [9.17, 15) is 18.0 Å². The number of imidazole rings is 1. The van der Waals surface area contributed by atoms with Crippen molar-refractivity contribution >= 4 is 34.3 Å². The van der Waals surface area contributed by atoms with E-state index >= 15 is 0 Å². The molecule has 3 aromatic rings. The van der Waals surface area contributed by atoms with Crippen molar-refractivity contribution in [3.8, 4) is 5.75 Å².